The molecule has 0 atom stereocenters. The van der Waals surface area contributed by atoms with Gasteiger partial charge >= 0.3 is 5.97 Å². The smallest absolute Gasteiger partial charge is 0.305 e. The van der Waals surface area contributed by atoms with Crippen molar-refractivity contribution in [3.63, 3.8) is 0 Å². The SMILES string of the molecule is CCOC(=O)CCCn1c(Cc2ccc(C(=N)N)cc2)nc2cc(N(CCN(C)C)S(C)(=O)=O)ccc21. The molecule has 200 valence electrons. The molecule has 2 aromatic carbocycles. The third-order valence-electron chi connectivity index (χ3n) is 5.94. The molecule has 0 aliphatic rings. The number of likely N-dealkylation sites (N-methyl/N-ethyl adjacent to an activating group) is 1. The minimum absolute atomic E-state index is 0.00924. The van der Waals surface area contributed by atoms with E-state index in [4.69, 9.17) is 20.9 Å². The number of ether oxygens (including phenoxy) is 1. The van der Waals surface area contributed by atoms with Crippen LogP contribution in [0.15, 0.2) is 42.5 Å². The summed E-state index contributed by atoms with van der Waals surface area (Å²) in [6, 6.07) is 12.9. The molecule has 1 aromatic heterocycles. The lowest BCUT2D eigenvalue weighted by atomic mass is 10.1. The third-order valence-corrected chi connectivity index (χ3v) is 7.14. The van der Waals surface area contributed by atoms with Crippen molar-refractivity contribution < 1.29 is 17.9 Å². The van der Waals surface area contributed by atoms with Crippen molar-refractivity contribution in [2.75, 3.05) is 44.4 Å². The number of nitrogen functional groups attached to an aromatic ring is 1. The monoisotopic (exact) mass is 528 g/mol. The number of amidine groups is 1. The second-order valence-corrected chi connectivity index (χ2v) is 11.1. The van der Waals surface area contributed by atoms with Gasteiger partial charge in [-0.1, -0.05) is 24.3 Å². The first-order valence-corrected chi connectivity index (χ1v) is 14.0. The molecule has 37 heavy (non-hydrogen) atoms. The third kappa shape index (κ3) is 7.53. The number of hydrogen-bond donors (Lipinski definition) is 2. The molecule has 0 amide bonds. The summed E-state index contributed by atoms with van der Waals surface area (Å²) in [6.45, 7) is 3.60. The highest BCUT2D eigenvalue weighted by Gasteiger charge is 2.20. The fraction of sp³-hybridized carbons (Fsp3) is 0.423. The normalized spacial score (nSPS) is 11.7. The fourth-order valence-electron chi connectivity index (χ4n) is 4.08. The molecule has 0 radical (unpaired) electrons. The van der Waals surface area contributed by atoms with Crippen molar-refractivity contribution in [1.82, 2.24) is 14.5 Å². The van der Waals surface area contributed by atoms with Gasteiger partial charge in [0.05, 0.1) is 29.6 Å². The van der Waals surface area contributed by atoms with E-state index in [9.17, 15) is 13.2 Å². The predicted octanol–water partition coefficient (Wildman–Crippen LogP) is 2.58. The average Bonchev–Trinajstić information content (AvgIpc) is 3.15. The van der Waals surface area contributed by atoms with Gasteiger partial charge < -0.3 is 19.9 Å². The number of rotatable bonds is 13. The van der Waals surface area contributed by atoms with Gasteiger partial charge in [0, 0.05) is 38.0 Å². The number of benzene rings is 2. The lowest BCUT2D eigenvalue weighted by Crippen LogP contribution is -2.36. The second kappa shape index (κ2) is 12.2. The Morgan fingerprint density at radius 3 is 2.43 bits per heavy atom. The standard InChI is InChI=1S/C26H36N6O4S/c1-5-36-25(33)7-6-14-31-23-13-12-21(32(37(4,34)35)16-15-30(2)3)18-22(23)29-24(31)17-19-8-10-20(11-9-19)26(27)28/h8-13,18H,5-7,14-17H2,1-4H3,(H3,27,28). The number of sulfonamides is 1. The largest absolute Gasteiger partial charge is 0.466 e. The average molecular weight is 529 g/mol. The minimum atomic E-state index is -3.48. The summed E-state index contributed by atoms with van der Waals surface area (Å²) < 4.78 is 33.6. The highest BCUT2D eigenvalue weighted by atomic mass is 32.2. The van der Waals surface area contributed by atoms with E-state index in [1.54, 1.807) is 31.2 Å². The summed E-state index contributed by atoms with van der Waals surface area (Å²) in [5.74, 6) is 0.570. The molecule has 11 heteroatoms. The number of hydrogen-bond acceptors (Lipinski definition) is 7. The van der Waals surface area contributed by atoms with Gasteiger partial charge in [-0.15, -0.1) is 0 Å². The van der Waals surface area contributed by atoms with Crippen LogP contribution in [0.25, 0.3) is 11.0 Å². The summed E-state index contributed by atoms with van der Waals surface area (Å²) in [6.07, 6.45) is 2.61. The molecule has 0 spiro atoms. The molecule has 1 heterocycles. The van der Waals surface area contributed by atoms with Gasteiger partial charge in [-0.3, -0.25) is 14.5 Å². The number of nitrogens with two attached hydrogens (primary N) is 1. The van der Waals surface area contributed by atoms with Crippen molar-refractivity contribution in [3.05, 3.63) is 59.4 Å². The predicted molar refractivity (Wildman–Crippen MR) is 147 cm³/mol. The molecule has 0 aliphatic carbocycles. The molecule has 0 fully saturated rings. The van der Waals surface area contributed by atoms with E-state index in [1.807, 2.05) is 37.2 Å². The van der Waals surface area contributed by atoms with Gasteiger partial charge in [-0.05, 0) is 51.2 Å². The van der Waals surface area contributed by atoms with Gasteiger partial charge in [0.1, 0.15) is 11.7 Å². The highest BCUT2D eigenvalue weighted by molar-refractivity contribution is 7.92. The van der Waals surface area contributed by atoms with E-state index in [-0.39, 0.29) is 11.8 Å². The van der Waals surface area contributed by atoms with Gasteiger partial charge in [0.25, 0.3) is 0 Å². The van der Waals surface area contributed by atoms with E-state index in [0.717, 1.165) is 16.9 Å². The van der Waals surface area contributed by atoms with Crippen LogP contribution in [-0.4, -0.2) is 74.7 Å². The Bertz CT molecular complexity index is 1350. The van der Waals surface area contributed by atoms with Crippen LogP contribution in [0.1, 0.15) is 36.7 Å². The maximum Gasteiger partial charge on any atom is 0.305 e. The van der Waals surface area contributed by atoms with Crippen molar-refractivity contribution >= 4 is 38.5 Å². The Morgan fingerprint density at radius 2 is 1.84 bits per heavy atom. The Labute approximate surface area is 218 Å². The Balaban J connectivity index is 1.98. The molecule has 0 saturated carbocycles. The van der Waals surface area contributed by atoms with Crippen LogP contribution in [0.3, 0.4) is 0 Å². The first-order valence-electron chi connectivity index (χ1n) is 12.2. The van der Waals surface area contributed by atoms with E-state index in [1.165, 1.54) is 10.6 Å². The number of anilines is 1. The Kier molecular flexibility index (Phi) is 9.28. The number of aromatic nitrogens is 2. The Hall–Kier alpha value is -3.44. The Morgan fingerprint density at radius 1 is 1.14 bits per heavy atom. The number of nitrogens with one attached hydrogen (secondary N) is 1. The summed E-state index contributed by atoms with van der Waals surface area (Å²) in [7, 11) is 0.318. The molecular formula is C26H36N6O4S. The number of fused-ring (bicyclic) bond motifs is 1. The number of carbonyl (C=O) groups is 1. The van der Waals surface area contributed by atoms with E-state index < -0.39 is 10.0 Å². The van der Waals surface area contributed by atoms with Gasteiger partial charge in [-0.2, -0.15) is 0 Å². The lowest BCUT2D eigenvalue weighted by Gasteiger charge is -2.24. The topological polar surface area (TPSA) is 135 Å². The van der Waals surface area contributed by atoms with Crippen molar-refractivity contribution in [1.29, 1.82) is 5.41 Å². The first-order chi connectivity index (χ1) is 17.5. The maximum atomic E-state index is 12.5. The molecule has 0 aliphatic heterocycles. The summed E-state index contributed by atoms with van der Waals surface area (Å²) >= 11 is 0. The van der Waals surface area contributed by atoms with E-state index >= 15 is 0 Å². The lowest BCUT2D eigenvalue weighted by molar-refractivity contribution is -0.143. The minimum Gasteiger partial charge on any atom is -0.466 e. The van der Waals surface area contributed by atoms with Crippen LogP contribution in [0.5, 0.6) is 0 Å². The molecule has 0 bridgehead atoms. The highest BCUT2D eigenvalue weighted by Crippen LogP contribution is 2.26. The molecule has 0 saturated heterocycles. The molecule has 3 rings (SSSR count). The van der Waals surface area contributed by atoms with Gasteiger partial charge in [0.15, 0.2) is 0 Å². The molecule has 3 N–H and O–H groups in total. The quantitative estimate of drug-likeness (QED) is 0.198. The van der Waals surface area contributed by atoms with Crippen LogP contribution in [-0.2, 0) is 32.5 Å². The van der Waals surface area contributed by atoms with Crippen LogP contribution in [0, 0.1) is 5.41 Å². The number of esters is 1. The maximum absolute atomic E-state index is 12.5. The van der Waals surface area contributed by atoms with E-state index in [2.05, 4.69) is 4.57 Å². The molecular weight excluding hydrogens is 492 g/mol. The van der Waals surface area contributed by atoms with E-state index in [0.29, 0.717) is 62.3 Å². The number of aryl methyl sites for hydroxylation is 1. The fourth-order valence-corrected chi connectivity index (χ4v) is 4.99. The van der Waals surface area contributed by atoms with Crippen molar-refractivity contribution in [3.8, 4) is 0 Å². The number of nitrogens with zero attached hydrogens (tertiary/aromatic N) is 4. The summed E-state index contributed by atoms with van der Waals surface area (Å²) in [5, 5.41) is 7.60. The van der Waals surface area contributed by atoms with Crippen LogP contribution >= 0.6 is 0 Å². The van der Waals surface area contributed by atoms with Gasteiger partial charge in [0.2, 0.25) is 10.0 Å². The zero-order valence-corrected chi connectivity index (χ0v) is 22.7. The number of carbonyl (C=O) groups excluding carboxylic acids is 1. The van der Waals surface area contributed by atoms with Crippen molar-refractivity contribution in [2.24, 2.45) is 5.73 Å². The second-order valence-electron chi connectivity index (χ2n) is 9.19. The zero-order valence-electron chi connectivity index (χ0n) is 21.9. The van der Waals surface area contributed by atoms with Crippen LogP contribution in [0.4, 0.5) is 5.69 Å². The molecule has 3 aromatic rings. The van der Waals surface area contributed by atoms with Crippen LogP contribution in [0.2, 0.25) is 0 Å². The first kappa shape index (κ1) is 28.1. The van der Waals surface area contributed by atoms with Crippen molar-refractivity contribution in [2.45, 2.75) is 32.7 Å². The number of imidazole rings is 1. The molecule has 0 unspecified atom stereocenters. The van der Waals surface area contributed by atoms with Gasteiger partial charge in [-0.25, -0.2) is 13.4 Å². The molecule has 10 nitrogen and oxygen atoms in total. The van der Waals surface area contributed by atoms with Crippen LogP contribution < -0.4 is 10.0 Å². The summed E-state index contributed by atoms with van der Waals surface area (Å²) in [4.78, 5) is 18.7. The zero-order chi connectivity index (χ0) is 27.2. The summed E-state index contributed by atoms with van der Waals surface area (Å²) in [5.41, 5.74) is 9.33.